The lowest BCUT2D eigenvalue weighted by atomic mass is 10.1. The molecule has 0 aliphatic rings. The summed E-state index contributed by atoms with van der Waals surface area (Å²) in [5, 5.41) is 0. The van der Waals surface area contributed by atoms with Crippen molar-refractivity contribution in [3.05, 3.63) is 54.1 Å². The molecule has 2 rings (SSSR count). The van der Waals surface area contributed by atoms with E-state index in [2.05, 4.69) is 65.7 Å². The number of unbranched alkanes of at least 4 members (excludes halogenated alkanes) is 10. The Morgan fingerprint density at radius 1 is 0.667 bits per heavy atom. The van der Waals surface area contributed by atoms with E-state index in [9.17, 15) is 0 Å². The molecule has 0 N–H and O–H groups in total. The average Bonchev–Trinajstić information content (AvgIpc) is 3.15. The molecule has 1 aromatic carbocycles. The number of hydrogen-bond donors (Lipinski definition) is 0. The van der Waals surface area contributed by atoms with Gasteiger partial charge in [-0.1, -0.05) is 102 Å². The van der Waals surface area contributed by atoms with E-state index in [0.29, 0.717) is 0 Å². The Labute approximate surface area is 186 Å². The molecule has 2 heteroatoms. The summed E-state index contributed by atoms with van der Waals surface area (Å²) in [4.78, 5) is 0. The zero-order valence-corrected chi connectivity index (χ0v) is 20.0. The number of aryl methyl sites for hydroxylation is 3. The van der Waals surface area contributed by atoms with Crippen LogP contribution in [0.5, 0.6) is 0 Å². The van der Waals surface area contributed by atoms with E-state index < -0.39 is 0 Å². The summed E-state index contributed by atoms with van der Waals surface area (Å²) in [6.07, 6.45) is 24.9. The zero-order chi connectivity index (χ0) is 21.3. The predicted molar refractivity (Wildman–Crippen MR) is 130 cm³/mol. The summed E-state index contributed by atoms with van der Waals surface area (Å²) >= 11 is 0. The highest BCUT2D eigenvalue weighted by atomic mass is 15.1. The molecule has 30 heavy (non-hydrogen) atoms. The fraction of sp³-hybridized carbons (Fsp3) is 0.679. The van der Waals surface area contributed by atoms with Crippen LogP contribution in [0, 0.1) is 0 Å². The Hall–Kier alpha value is -1.57. The second kappa shape index (κ2) is 16.2. The molecule has 2 nitrogen and oxygen atoms in total. The molecular weight excluding hydrogens is 364 g/mol. The summed E-state index contributed by atoms with van der Waals surface area (Å²) < 4.78 is 5.09. The lowest BCUT2D eigenvalue weighted by Gasteiger charge is -2.06. The highest BCUT2D eigenvalue weighted by Gasteiger charge is 2.16. The molecule has 0 fully saturated rings. The third-order valence-corrected chi connectivity index (χ3v) is 6.30. The van der Waals surface area contributed by atoms with E-state index in [1.54, 1.807) is 5.82 Å². The van der Waals surface area contributed by atoms with Crippen molar-refractivity contribution in [3.8, 4) is 0 Å². The van der Waals surface area contributed by atoms with Gasteiger partial charge in [-0.25, -0.2) is 9.13 Å². The van der Waals surface area contributed by atoms with E-state index in [1.165, 1.54) is 108 Å². The molecule has 1 heterocycles. The van der Waals surface area contributed by atoms with Gasteiger partial charge in [0.2, 0.25) is 0 Å². The van der Waals surface area contributed by atoms with Crippen LogP contribution in [0.1, 0.15) is 109 Å². The van der Waals surface area contributed by atoms with Crippen molar-refractivity contribution in [1.82, 2.24) is 4.57 Å². The van der Waals surface area contributed by atoms with Crippen molar-refractivity contribution in [2.24, 2.45) is 0 Å². The molecule has 1 aromatic heterocycles. The molecule has 0 aliphatic carbocycles. The van der Waals surface area contributed by atoms with Gasteiger partial charge >= 0.3 is 0 Å². The molecular formula is C28H47N2+. The monoisotopic (exact) mass is 411 g/mol. The largest absolute Gasteiger partial charge is 0.256 e. The van der Waals surface area contributed by atoms with Crippen LogP contribution < -0.4 is 4.57 Å². The Kier molecular flexibility index (Phi) is 13.3. The molecule has 0 atom stereocenters. The summed E-state index contributed by atoms with van der Waals surface area (Å²) in [5.74, 6) is 1.55. The summed E-state index contributed by atoms with van der Waals surface area (Å²) in [5.41, 5.74) is 1.46. The van der Waals surface area contributed by atoms with Crippen LogP contribution in [-0.4, -0.2) is 4.57 Å². The van der Waals surface area contributed by atoms with Gasteiger partial charge in [0.25, 0.3) is 5.82 Å². The van der Waals surface area contributed by atoms with Crippen molar-refractivity contribution in [3.63, 3.8) is 0 Å². The van der Waals surface area contributed by atoms with Crippen molar-refractivity contribution in [2.45, 2.75) is 123 Å². The minimum Gasteiger partial charge on any atom is -0.234 e. The van der Waals surface area contributed by atoms with E-state index >= 15 is 0 Å². The van der Waals surface area contributed by atoms with Crippen LogP contribution in [0.3, 0.4) is 0 Å². The van der Waals surface area contributed by atoms with Gasteiger partial charge in [0, 0.05) is 6.42 Å². The molecule has 0 saturated carbocycles. The van der Waals surface area contributed by atoms with Gasteiger partial charge in [0.05, 0.1) is 13.1 Å². The number of aromatic nitrogens is 2. The number of imidazole rings is 1. The molecule has 0 bridgehead atoms. The Morgan fingerprint density at radius 2 is 1.30 bits per heavy atom. The molecule has 0 amide bonds. The van der Waals surface area contributed by atoms with E-state index in [-0.39, 0.29) is 0 Å². The fourth-order valence-corrected chi connectivity index (χ4v) is 4.42. The summed E-state index contributed by atoms with van der Waals surface area (Å²) in [7, 11) is 0. The maximum Gasteiger partial charge on any atom is 0.256 e. The van der Waals surface area contributed by atoms with Crippen LogP contribution in [0.2, 0.25) is 0 Å². The third-order valence-electron chi connectivity index (χ3n) is 6.30. The van der Waals surface area contributed by atoms with Gasteiger partial charge < -0.3 is 0 Å². The lowest BCUT2D eigenvalue weighted by Crippen LogP contribution is -2.37. The number of nitrogens with zero attached hydrogens (tertiary/aromatic N) is 2. The van der Waals surface area contributed by atoms with E-state index in [0.717, 1.165) is 6.54 Å². The van der Waals surface area contributed by atoms with Crippen LogP contribution >= 0.6 is 0 Å². The topological polar surface area (TPSA) is 8.81 Å². The second-order valence-corrected chi connectivity index (χ2v) is 8.98. The lowest BCUT2D eigenvalue weighted by molar-refractivity contribution is -0.704. The average molecular weight is 412 g/mol. The van der Waals surface area contributed by atoms with Gasteiger partial charge in [0.1, 0.15) is 12.4 Å². The van der Waals surface area contributed by atoms with Crippen molar-refractivity contribution in [1.29, 1.82) is 0 Å². The van der Waals surface area contributed by atoms with Gasteiger partial charge in [0.15, 0.2) is 0 Å². The smallest absolute Gasteiger partial charge is 0.234 e. The standard InChI is InChI=1S/C28H47N2/c1-3-5-7-8-9-10-11-12-17-23-29-25-26-30(28(29)22-14-6-4-2)24-18-21-27-19-15-13-16-20-27/h13,15-16,19-20,25-26H,3-12,14,17-18,21-24H2,1-2H3/q+1. The van der Waals surface area contributed by atoms with Crippen LogP contribution in [-0.2, 0) is 25.9 Å². The molecule has 168 valence electrons. The third kappa shape index (κ3) is 9.96. The highest BCUT2D eigenvalue weighted by molar-refractivity contribution is 5.14. The first kappa shape index (κ1) is 24.7. The van der Waals surface area contributed by atoms with Crippen molar-refractivity contribution >= 4 is 0 Å². The minimum atomic E-state index is 1.14. The molecule has 0 spiro atoms. The maximum absolute atomic E-state index is 2.55. The van der Waals surface area contributed by atoms with Gasteiger partial charge in [-0.05, 0) is 37.7 Å². The Morgan fingerprint density at radius 3 is 2.00 bits per heavy atom. The number of benzene rings is 1. The first-order chi connectivity index (χ1) is 14.8. The van der Waals surface area contributed by atoms with Gasteiger partial charge in [-0.15, -0.1) is 0 Å². The molecule has 0 radical (unpaired) electrons. The van der Waals surface area contributed by atoms with E-state index in [4.69, 9.17) is 0 Å². The first-order valence-electron chi connectivity index (χ1n) is 13.0. The van der Waals surface area contributed by atoms with Crippen LogP contribution in [0.4, 0.5) is 0 Å². The zero-order valence-electron chi connectivity index (χ0n) is 20.0. The number of rotatable bonds is 18. The Bertz CT molecular complexity index is 644. The minimum absolute atomic E-state index is 1.14. The first-order valence-corrected chi connectivity index (χ1v) is 13.0. The second-order valence-electron chi connectivity index (χ2n) is 8.98. The van der Waals surface area contributed by atoms with Crippen LogP contribution in [0.15, 0.2) is 42.7 Å². The van der Waals surface area contributed by atoms with Gasteiger partial charge in [-0.3, -0.25) is 0 Å². The fourth-order valence-electron chi connectivity index (χ4n) is 4.42. The molecule has 0 saturated heterocycles. The van der Waals surface area contributed by atoms with Crippen molar-refractivity contribution < 1.29 is 4.57 Å². The SMILES string of the molecule is CCCCCCCCCCCn1cc[n+](CCCc2ccccc2)c1CCCCC. The normalized spacial score (nSPS) is 11.3. The maximum atomic E-state index is 2.55. The quantitative estimate of drug-likeness (QED) is 0.176. The molecule has 2 aromatic rings. The summed E-state index contributed by atoms with van der Waals surface area (Å²) in [6.45, 7) is 6.93. The summed E-state index contributed by atoms with van der Waals surface area (Å²) in [6, 6.07) is 10.9. The van der Waals surface area contributed by atoms with E-state index in [1.807, 2.05) is 0 Å². The Balaban J connectivity index is 1.74. The van der Waals surface area contributed by atoms with Gasteiger partial charge in [-0.2, -0.15) is 0 Å². The highest BCUT2D eigenvalue weighted by Crippen LogP contribution is 2.12. The number of hydrogen-bond acceptors (Lipinski definition) is 0. The molecule has 0 unspecified atom stereocenters. The molecule has 0 aliphatic heterocycles. The predicted octanol–water partition coefficient (Wildman–Crippen LogP) is 7.67. The van der Waals surface area contributed by atoms with Crippen LogP contribution in [0.25, 0.3) is 0 Å². The van der Waals surface area contributed by atoms with Crippen molar-refractivity contribution in [2.75, 3.05) is 0 Å².